The van der Waals surface area contributed by atoms with Gasteiger partial charge in [0.15, 0.2) is 0 Å². The van der Waals surface area contributed by atoms with E-state index in [0.717, 1.165) is 65.4 Å². The van der Waals surface area contributed by atoms with E-state index in [1.807, 2.05) is 12.3 Å². The highest BCUT2D eigenvalue weighted by molar-refractivity contribution is 5.26. The van der Waals surface area contributed by atoms with Gasteiger partial charge in [-0.2, -0.15) is 5.10 Å². The molecule has 2 aliphatic rings. The molecular formula is C20H29N3O3. The summed E-state index contributed by atoms with van der Waals surface area (Å²) in [5.41, 5.74) is 3.95. The van der Waals surface area contributed by atoms with Crippen LogP contribution in [0.15, 0.2) is 29.2 Å². The van der Waals surface area contributed by atoms with Crippen molar-refractivity contribution < 1.29 is 13.9 Å². The third-order valence-electron chi connectivity index (χ3n) is 5.50. The predicted octanol–water partition coefficient (Wildman–Crippen LogP) is 3.04. The monoisotopic (exact) mass is 359 g/mol. The number of hydrogen-bond donors (Lipinski definition) is 0. The second-order valence-electron chi connectivity index (χ2n) is 7.45. The van der Waals surface area contributed by atoms with Crippen molar-refractivity contribution >= 4 is 0 Å². The molecule has 0 bridgehead atoms. The van der Waals surface area contributed by atoms with Crippen LogP contribution >= 0.6 is 0 Å². The lowest BCUT2D eigenvalue weighted by Crippen LogP contribution is -2.36. The van der Waals surface area contributed by atoms with Crippen molar-refractivity contribution in [2.24, 2.45) is 5.92 Å². The summed E-state index contributed by atoms with van der Waals surface area (Å²) in [6, 6.07) is 2.04. The van der Waals surface area contributed by atoms with Crippen molar-refractivity contribution in [1.29, 1.82) is 0 Å². The normalized spacial score (nSPS) is 21.8. The number of nitrogens with zero attached hydrogens (tertiary/aromatic N) is 3. The Morgan fingerprint density at radius 3 is 2.96 bits per heavy atom. The lowest BCUT2D eigenvalue weighted by molar-refractivity contribution is 0.0586. The Kier molecular flexibility index (Phi) is 5.72. The number of aromatic nitrogens is 2. The first kappa shape index (κ1) is 17.8. The molecule has 0 aromatic carbocycles. The van der Waals surface area contributed by atoms with Crippen LogP contribution in [0, 0.1) is 5.92 Å². The largest absolute Gasteiger partial charge is 0.472 e. The Labute approximate surface area is 155 Å². The van der Waals surface area contributed by atoms with Gasteiger partial charge in [-0.15, -0.1) is 0 Å². The van der Waals surface area contributed by atoms with Gasteiger partial charge in [0.1, 0.15) is 0 Å². The number of fused-ring (bicyclic) bond motifs is 1. The Balaban J connectivity index is 1.51. The van der Waals surface area contributed by atoms with Crippen LogP contribution in [-0.2, 0) is 29.1 Å². The van der Waals surface area contributed by atoms with E-state index in [0.29, 0.717) is 11.8 Å². The van der Waals surface area contributed by atoms with Gasteiger partial charge in [0.25, 0.3) is 0 Å². The first-order valence-electron chi connectivity index (χ1n) is 9.77. The van der Waals surface area contributed by atoms with E-state index in [1.54, 1.807) is 6.26 Å². The van der Waals surface area contributed by atoms with Gasteiger partial charge in [-0.1, -0.05) is 0 Å². The second kappa shape index (κ2) is 8.37. The molecule has 1 atom stereocenters. The zero-order valence-electron chi connectivity index (χ0n) is 15.6. The van der Waals surface area contributed by atoms with Crippen molar-refractivity contribution in [3.63, 3.8) is 0 Å². The quantitative estimate of drug-likeness (QED) is 0.761. The summed E-state index contributed by atoms with van der Waals surface area (Å²) in [6.07, 6.45) is 7.92. The molecule has 2 aromatic rings. The van der Waals surface area contributed by atoms with E-state index < -0.39 is 0 Å². The molecule has 0 amide bonds. The third-order valence-corrected chi connectivity index (χ3v) is 5.50. The molecule has 0 aliphatic carbocycles. The van der Waals surface area contributed by atoms with Crippen LogP contribution in [0.1, 0.15) is 42.5 Å². The maximum atomic E-state index is 5.82. The van der Waals surface area contributed by atoms with Crippen LogP contribution in [0.25, 0.3) is 0 Å². The molecule has 26 heavy (non-hydrogen) atoms. The van der Waals surface area contributed by atoms with Gasteiger partial charge in [0.2, 0.25) is 0 Å². The second-order valence-corrected chi connectivity index (χ2v) is 7.45. The Hall–Kier alpha value is -1.63. The number of rotatable bonds is 7. The Bertz CT molecular complexity index is 677. The fraction of sp³-hybridized carbons (Fsp3) is 0.650. The topological polar surface area (TPSA) is 52.7 Å². The van der Waals surface area contributed by atoms with E-state index in [2.05, 4.69) is 22.7 Å². The number of ether oxygens (including phenoxy) is 2. The highest BCUT2D eigenvalue weighted by Gasteiger charge is 2.30. The van der Waals surface area contributed by atoms with Crippen molar-refractivity contribution in [3.8, 4) is 0 Å². The zero-order chi connectivity index (χ0) is 17.8. The average Bonchev–Trinajstić information content (AvgIpc) is 3.31. The summed E-state index contributed by atoms with van der Waals surface area (Å²) in [4.78, 5) is 2.47. The van der Waals surface area contributed by atoms with E-state index in [9.17, 15) is 0 Å². The van der Waals surface area contributed by atoms with E-state index in [-0.39, 0.29) is 0 Å². The first-order valence-corrected chi connectivity index (χ1v) is 9.77. The molecule has 1 fully saturated rings. The van der Waals surface area contributed by atoms with Crippen molar-refractivity contribution in [1.82, 2.24) is 14.7 Å². The molecule has 2 aromatic heterocycles. The molecule has 0 N–H and O–H groups in total. The highest BCUT2D eigenvalue weighted by atomic mass is 16.5. The van der Waals surface area contributed by atoms with Crippen LogP contribution in [0.5, 0.6) is 0 Å². The third kappa shape index (κ3) is 4.03. The van der Waals surface area contributed by atoms with Crippen LogP contribution < -0.4 is 0 Å². The van der Waals surface area contributed by atoms with Gasteiger partial charge in [0, 0.05) is 68.7 Å². The Morgan fingerprint density at radius 1 is 1.31 bits per heavy atom. The summed E-state index contributed by atoms with van der Waals surface area (Å²) < 4.78 is 18.8. The molecule has 0 radical (unpaired) electrons. The minimum absolute atomic E-state index is 0.368. The summed E-state index contributed by atoms with van der Waals surface area (Å²) in [5.74, 6) is 1.04. The molecule has 6 heteroatoms. The van der Waals surface area contributed by atoms with Gasteiger partial charge < -0.3 is 13.9 Å². The number of hydrogen-bond acceptors (Lipinski definition) is 5. The molecule has 0 spiro atoms. The SMILES string of the molecule is CCOC[C@@H]1CN(Cc2ccoc2)Cc2cnn(CC3CCOCC3)c21. The van der Waals surface area contributed by atoms with Crippen LogP contribution in [-0.4, -0.2) is 47.7 Å². The summed E-state index contributed by atoms with van der Waals surface area (Å²) >= 11 is 0. The molecule has 0 unspecified atom stereocenters. The lowest BCUT2D eigenvalue weighted by Gasteiger charge is -2.33. The van der Waals surface area contributed by atoms with E-state index in [1.165, 1.54) is 16.8 Å². The van der Waals surface area contributed by atoms with Crippen molar-refractivity contribution in [2.75, 3.05) is 33.0 Å². The number of furan rings is 1. The fourth-order valence-corrected chi connectivity index (χ4v) is 4.20. The molecule has 2 aliphatic heterocycles. The zero-order valence-corrected chi connectivity index (χ0v) is 15.6. The van der Waals surface area contributed by atoms with Gasteiger partial charge in [-0.05, 0) is 31.7 Å². The molecule has 6 nitrogen and oxygen atoms in total. The van der Waals surface area contributed by atoms with Gasteiger partial charge in [-0.3, -0.25) is 9.58 Å². The van der Waals surface area contributed by atoms with Crippen LogP contribution in [0.3, 0.4) is 0 Å². The molecule has 142 valence electrons. The molecular weight excluding hydrogens is 330 g/mol. The molecule has 1 saturated heterocycles. The lowest BCUT2D eigenvalue weighted by atomic mass is 9.95. The van der Waals surface area contributed by atoms with Gasteiger partial charge >= 0.3 is 0 Å². The predicted molar refractivity (Wildman–Crippen MR) is 97.8 cm³/mol. The molecule has 4 rings (SSSR count). The first-order chi connectivity index (χ1) is 12.8. The Morgan fingerprint density at radius 2 is 2.19 bits per heavy atom. The summed E-state index contributed by atoms with van der Waals surface area (Å²) in [7, 11) is 0. The smallest absolute Gasteiger partial charge is 0.0947 e. The summed E-state index contributed by atoms with van der Waals surface area (Å²) in [6.45, 7) is 9.18. The highest BCUT2D eigenvalue weighted by Crippen LogP contribution is 2.31. The van der Waals surface area contributed by atoms with Crippen molar-refractivity contribution in [3.05, 3.63) is 41.6 Å². The fourth-order valence-electron chi connectivity index (χ4n) is 4.20. The molecule has 0 saturated carbocycles. The minimum Gasteiger partial charge on any atom is -0.472 e. The standard InChI is InChI=1S/C20H29N3O3/c1-2-24-15-19-13-22(10-17-5-8-26-14-17)12-18-9-21-23(20(18)19)11-16-3-6-25-7-4-16/h5,8-9,14,16,19H,2-4,6-7,10-13,15H2,1H3/t19-/m0/s1. The van der Waals surface area contributed by atoms with Crippen LogP contribution in [0.4, 0.5) is 0 Å². The van der Waals surface area contributed by atoms with Crippen LogP contribution in [0.2, 0.25) is 0 Å². The van der Waals surface area contributed by atoms with Gasteiger partial charge in [-0.25, -0.2) is 0 Å². The maximum absolute atomic E-state index is 5.82. The average molecular weight is 359 g/mol. The van der Waals surface area contributed by atoms with E-state index >= 15 is 0 Å². The summed E-state index contributed by atoms with van der Waals surface area (Å²) in [5, 5.41) is 4.76. The maximum Gasteiger partial charge on any atom is 0.0947 e. The van der Waals surface area contributed by atoms with E-state index in [4.69, 9.17) is 19.0 Å². The molecule has 4 heterocycles. The minimum atomic E-state index is 0.368. The van der Waals surface area contributed by atoms with Crippen molar-refractivity contribution in [2.45, 2.75) is 45.3 Å². The van der Waals surface area contributed by atoms with Gasteiger partial charge in [0.05, 0.1) is 25.3 Å².